The van der Waals surface area contributed by atoms with Gasteiger partial charge in [0.25, 0.3) is 0 Å². The van der Waals surface area contributed by atoms with Crippen LogP contribution in [0.3, 0.4) is 0 Å². The molecule has 1 amide bonds. The van der Waals surface area contributed by atoms with E-state index in [1.807, 2.05) is 6.07 Å². The van der Waals surface area contributed by atoms with Crippen LogP contribution in [0.4, 0.5) is 11.5 Å². The second-order valence-electron chi connectivity index (χ2n) is 6.13. The highest BCUT2D eigenvalue weighted by molar-refractivity contribution is 6.31. The van der Waals surface area contributed by atoms with Gasteiger partial charge >= 0.3 is 0 Å². The Kier molecular flexibility index (Phi) is 2.88. The van der Waals surface area contributed by atoms with Gasteiger partial charge in [0.1, 0.15) is 6.04 Å². The highest BCUT2D eigenvalue weighted by atomic mass is 35.5. The molecule has 2 aliphatic heterocycles. The van der Waals surface area contributed by atoms with E-state index in [0.29, 0.717) is 11.1 Å². The molecule has 1 aliphatic carbocycles. The van der Waals surface area contributed by atoms with Gasteiger partial charge in [-0.2, -0.15) is 0 Å². The number of pyridine rings is 1. The van der Waals surface area contributed by atoms with Gasteiger partial charge in [0, 0.05) is 12.2 Å². The molecule has 1 saturated heterocycles. The lowest BCUT2D eigenvalue weighted by Crippen LogP contribution is -2.59. The van der Waals surface area contributed by atoms with E-state index in [2.05, 4.69) is 15.2 Å². The Hall–Kier alpha value is -1.29. The summed E-state index contributed by atoms with van der Waals surface area (Å²) in [5, 5.41) is 3.54. The van der Waals surface area contributed by atoms with Gasteiger partial charge < -0.3 is 10.2 Å². The normalized spacial score (nSPS) is 31.9. The lowest BCUT2D eigenvalue weighted by atomic mass is 9.75. The molecule has 1 aromatic rings. The van der Waals surface area contributed by atoms with E-state index in [0.717, 1.165) is 23.8 Å². The molecule has 2 fully saturated rings. The van der Waals surface area contributed by atoms with E-state index in [1.54, 1.807) is 6.20 Å². The standard InChI is InChI=1S/C15H18ClN3O/c16-10-7-11-14(17-8-10)19-12-4-2-1-3-9(12)5-6-13(19)15(20)18-11/h7-9,12-13H,1-6H2,(H,18,20). The second-order valence-corrected chi connectivity index (χ2v) is 6.56. The number of nitrogens with one attached hydrogen (secondary N) is 1. The zero-order valence-electron chi connectivity index (χ0n) is 11.3. The molecule has 3 heterocycles. The molecule has 1 saturated carbocycles. The first-order valence-electron chi connectivity index (χ1n) is 7.49. The van der Waals surface area contributed by atoms with Crippen molar-refractivity contribution in [3.8, 4) is 0 Å². The topological polar surface area (TPSA) is 45.2 Å². The Morgan fingerprint density at radius 1 is 1.25 bits per heavy atom. The number of carbonyl (C=O) groups excluding carboxylic acids is 1. The summed E-state index contributed by atoms with van der Waals surface area (Å²) < 4.78 is 0. The van der Waals surface area contributed by atoms with E-state index in [4.69, 9.17) is 11.6 Å². The summed E-state index contributed by atoms with van der Waals surface area (Å²) in [4.78, 5) is 19.2. The van der Waals surface area contributed by atoms with E-state index < -0.39 is 0 Å². The Balaban J connectivity index is 1.79. The first-order valence-corrected chi connectivity index (χ1v) is 7.86. The van der Waals surface area contributed by atoms with E-state index in [1.165, 1.54) is 32.1 Å². The van der Waals surface area contributed by atoms with Crippen molar-refractivity contribution >= 4 is 29.0 Å². The van der Waals surface area contributed by atoms with Gasteiger partial charge in [-0.1, -0.05) is 24.4 Å². The molecule has 3 atom stereocenters. The first kappa shape index (κ1) is 12.5. The van der Waals surface area contributed by atoms with Crippen LogP contribution in [-0.4, -0.2) is 23.0 Å². The summed E-state index contributed by atoms with van der Waals surface area (Å²) in [6.45, 7) is 0. The number of piperidine rings is 1. The minimum absolute atomic E-state index is 0.0458. The highest BCUT2D eigenvalue weighted by Gasteiger charge is 2.45. The number of rotatable bonds is 0. The third-order valence-electron chi connectivity index (χ3n) is 5.01. The Morgan fingerprint density at radius 3 is 3.00 bits per heavy atom. The van der Waals surface area contributed by atoms with Gasteiger partial charge in [-0.3, -0.25) is 4.79 Å². The number of anilines is 2. The number of fused-ring (bicyclic) bond motifs is 5. The van der Waals surface area contributed by atoms with Crippen LogP contribution < -0.4 is 10.2 Å². The van der Waals surface area contributed by atoms with Crippen LogP contribution in [0, 0.1) is 5.92 Å². The average molecular weight is 292 g/mol. The molecule has 1 aromatic heterocycles. The number of hydrogen-bond acceptors (Lipinski definition) is 3. The maximum absolute atomic E-state index is 12.4. The fourth-order valence-electron chi connectivity index (χ4n) is 4.14. The zero-order valence-corrected chi connectivity index (χ0v) is 12.1. The van der Waals surface area contributed by atoms with Gasteiger partial charge in [0.2, 0.25) is 5.91 Å². The van der Waals surface area contributed by atoms with Gasteiger partial charge in [0.15, 0.2) is 5.82 Å². The van der Waals surface area contributed by atoms with Gasteiger partial charge in [-0.15, -0.1) is 0 Å². The summed E-state index contributed by atoms with van der Waals surface area (Å²) in [6, 6.07) is 2.24. The largest absolute Gasteiger partial charge is 0.340 e. The Bertz CT molecular complexity index is 562. The van der Waals surface area contributed by atoms with Crippen molar-refractivity contribution < 1.29 is 4.79 Å². The number of nitrogens with zero attached hydrogens (tertiary/aromatic N) is 2. The second kappa shape index (κ2) is 4.62. The van der Waals surface area contributed by atoms with E-state index >= 15 is 0 Å². The summed E-state index contributed by atoms with van der Waals surface area (Å²) >= 11 is 6.00. The lowest BCUT2D eigenvalue weighted by Gasteiger charge is -2.50. The molecule has 20 heavy (non-hydrogen) atoms. The molecule has 0 radical (unpaired) electrons. The summed E-state index contributed by atoms with van der Waals surface area (Å²) in [6.07, 6.45) is 8.85. The third-order valence-corrected chi connectivity index (χ3v) is 5.22. The quantitative estimate of drug-likeness (QED) is 0.798. The van der Waals surface area contributed by atoms with Crippen molar-refractivity contribution in [2.24, 2.45) is 5.92 Å². The minimum Gasteiger partial charge on any atom is -0.340 e. The van der Waals surface area contributed by atoms with Gasteiger partial charge in [-0.05, 0) is 37.7 Å². The van der Waals surface area contributed by atoms with Crippen molar-refractivity contribution in [3.63, 3.8) is 0 Å². The molecule has 1 N–H and O–H groups in total. The van der Waals surface area contributed by atoms with Crippen molar-refractivity contribution in [1.82, 2.24) is 4.98 Å². The summed E-state index contributed by atoms with van der Waals surface area (Å²) in [5.41, 5.74) is 0.768. The molecular weight excluding hydrogens is 274 g/mol. The summed E-state index contributed by atoms with van der Waals surface area (Å²) in [5.74, 6) is 1.73. The van der Waals surface area contributed by atoms with Crippen molar-refractivity contribution in [2.75, 3.05) is 10.2 Å². The average Bonchev–Trinajstić information content (AvgIpc) is 2.46. The van der Waals surface area contributed by atoms with Crippen LogP contribution in [0.2, 0.25) is 5.02 Å². The molecule has 3 aliphatic rings. The monoisotopic (exact) mass is 291 g/mol. The number of aromatic nitrogens is 1. The number of carbonyl (C=O) groups is 1. The lowest BCUT2D eigenvalue weighted by molar-refractivity contribution is -0.118. The summed E-state index contributed by atoms with van der Waals surface area (Å²) in [7, 11) is 0. The van der Waals surface area contributed by atoms with E-state index in [-0.39, 0.29) is 11.9 Å². The van der Waals surface area contributed by atoms with Crippen molar-refractivity contribution in [3.05, 3.63) is 17.3 Å². The molecule has 106 valence electrons. The first-order chi connectivity index (χ1) is 9.74. The molecular formula is C15H18ClN3O. The van der Waals surface area contributed by atoms with Crippen LogP contribution in [-0.2, 0) is 4.79 Å². The number of amides is 1. The van der Waals surface area contributed by atoms with Crippen LogP contribution in [0.25, 0.3) is 0 Å². The predicted octanol–water partition coefficient (Wildman–Crippen LogP) is 3.21. The SMILES string of the molecule is O=C1Nc2cc(Cl)cnc2N2C1CCC1CCCCC12. The molecule has 4 nitrogen and oxygen atoms in total. The molecule has 4 rings (SSSR count). The Labute approximate surface area is 123 Å². The fourth-order valence-corrected chi connectivity index (χ4v) is 4.30. The number of halogens is 1. The van der Waals surface area contributed by atoms with Crippen LogP contribution in [0.1, 0.15) is 38.5 Å². The van der Waals surface area contributed by atoms with Gasteiger partial charge in [0.05, 0.1) is 10.7 Å². The molecule has 0 aromatic carbocycles. The maximum atomic E-state index is 12.4. The molecule has 0 spiro atoms. The minimum atomic E-state index is -0.0458. The third kappa shape index (κ3) is 1.81. The van der Waals surface area contributed by atoms with Crippen molar-refractivity contribution in [2.45, 2.75) is 50.6 Å². The van der Waals surface area contributed by atoms with Crippen LogP contribution >= 0.6 is 11.6 Å². The van der Waals surface area contributed by atoms with Crippen LogP contribution in [0.5, 0.6) is 0 Å². The smallest absolute Gasteiger partial charge is 0.247 e. The highest BCUT2D eigenvalue weighted by Crippen LogP contribution is 2.44. The molecule has 5 heteroatoms. The fraction of sp³-hybridized carbons (Fsp3) is 0.600. The number of hydrogen-bond donors (Lipinski definition) is 1. The van der Waals surface area contributed by atoms with E-state index in [9.17, 15) is 4.79 Å². The zero-order chi connectivity index (χ0) is 13.7. The maximum Gasteiger partial charge on any atom is 0.247 e. The molecule has 3 unspecified atom stereocenters. The predicted molar refractivity (Wildman–Crippen MR) is 79.1 cm³/mol. The van der Waals surface area contributed by atoms with Gasteiger partial charge in [-0.25, -0.2) is 4.98 Å². The van der Waals surface area contributed by atoms with Crippen LogP contribution in [0.15, 0.2) is 12.3 Å². The molecule has 0 bridgehead atoms. The van der Waals surface area contributed by atoms with Crippen molar-refractivity contribution in [1.29, 1.82) is 0 Å². The Morgan fingerprint density at radius 2 is 2.10 bits per heavy atom.